The number of hydrogen-bond acceptors (Lipinski definition) is 5. The zero-order chi connectivity index (χ0) is 17.1. The monoisotopic (exact) mass is 337 g/mol. The van der Waals surface area contributed by atoms with E-state index in [1.54, 1.807) is 18.7 Å². The molecule has 25 heavy (non-hydrogen) atoms. The van der Waals surface area contributed by atoms with Crippen LogP contribution in [0, 0.1) is 5.92 Å². The molecule has 1 atom stereocenters. The molecule has 128 valence electrons. The highest BCUT2D eigenvalue weighted by Gasteiger charge is 2.24. The molecule has 6 nitrogen and oxygen atoms in total. The van der Waals surface area contributed by atoms with E-state index in [0.29, 0.717) is 31.9 Å². The van der Waals surface area contributed by atoms with Crippen LogP contribution >= 0.6 is 0 Å². The van der Waals surface area contributed by atoms with Crippen molar-refractivity contribution >= 4 is 16.9 Å². The Kier molecular flexibility index (Phi) is 4.43. The van der Waals surface area contributed by atoms with Gasteiger partial charge in [-0.2, -0.15) is 0 Å². The largest absolute Gasteiger partial charge is 0.464 e. The van der Waals surface area contributed by atoms with Gasteiger partial charge >= 0.3 is 0 Å². The van der Waals surface area contributed by atoms with Crippen molar-refractivity contribution in [3.05, 3.63) is 60.4 Å². The zero-order valence-electron chi connectivity index (χ0n) is 13.8. The third-order valence-corrected chi connectivity index (χ3v) is 4.53. The molecule has 3 aromatic rings. The zero-order valence-corrected chi connectivity index (χ0v) is 13.8. The molecule has 4 rings (SSSR count). The van der Waals surface area contributed by atoms with E-state index in [9.17, 15) is 4.79 Å². The lowest BCUT2D eigenvalue weighted by Gasteiger charge is -2.23. The molecule has 1 aromatic carbocycles. The van der Waals surface area contributed by atoms with Gasteiger partial charge in [0.2, 0.25) is 0 Å². The first kappa shape index (κ1) is 15.8. The quantitative estimate of drug-likeness (QED) is 0.735. The van der Waals surface area contributed by atoms with E-state index in [1.807, 2.05) is 23.1 Å². The number of fused-ring (bicyclic) bond motifs is 1. The van der Waals surface area contributed by atoms with Crippen LogP contribution in [-0.2, 0) is 11.2 Å². The molecule has 1 fully saturated rings. The second-order valence-electron chi connectivity index (χ2n) is 6.27. The van der Waals surface area contributed by atoms with E-state index in [2.05, 4.69) is 16.0 Å². The van der Waals surface area contributed by atoms with Crippen molar-refractivity contribution in [2.75, 3.05) is 26.3 Å². The van der Waals surface area contributed by atoms with Gasteiger partial charge in [-0.05, 0) is 24.1 Å². The van der Waals surface area contributed by atoms with Crippen LogP contribution in [0.4, 0.5) is 0 Å². The molecule has 0 aliphatic carbocycles. The van der Waals surface area contributed by atoms with E-state index >= 15 is 0 Å². The van der Waals surface area contributed by atoms with Crippen LogP contribution in [0.2, 0.25) is 0 Å². The summed E-state index contributed by atoms with van der Waals surface area (Å²) in [5, 5.41) is 1.13. The van der Waals surface area contributed by atoms with E-state index in [0.717, 1.165) is 17.4 Å². The molecule has 0 saturated carbocycles. The van der Waals surface area contributed by atoms with Gasteiger partial charge < -0.3 is 14.1 Å². The molecular weight excluding hydrogens is 318 g/mol. The summed E-state index contributed by atoms with van der Waals surface area (Å²) in [6.07, 6.45) is 7.09. The summed E-state index contributed by atoms with van der Waals surface area (Å²) >= 11 is 0. The number of ether oxygens (including phenoxy) is 1. The molecule has 1 aliphatic rings. The number of amides is 1. The summed E-state index contributed by atoms with van der Waals surface area (Å²) in [7, 11) is 0. The van der Waals surface area contributed by atoms with Crippen molar-refractivity contribution < 1.29 is 13.9 Å². The summed E-state index contributed by atoms with van der Waals surface area (Å²) in [5.41, 5.74) is 2.62. The maximum Gasteiger partial charge on any atom is 0.257 e. The molecule has 1 aliphatic heterocycles. The molecule has 0 radical (unpaired) electrons. The predicted octanol–water partition coefficient (Wildman–Crippen LogP) is 2.55. The molecule has 1 amide bonds. The molecule has 1 saturated heterocycles. The van der Waals surface area contributed by atoms with E-state index in [-0.39, 0.29) is 11.8 Å². The minimum absolute atomic E-state index is 0.0439. The summed E-state index contributed by atoms with van der Waals surface area (Å²) < 4.78 is 11.2. The Morgan fingerprint density at radius 1 is 1.24 bits per heavy atom. The van der Waals surface area contributed by atoms with Crippen LogP contribution in [0.5, 0.6) is 0 Å². The number of carbonyl (C=O) groups excluding carboxylic acids is 1. The average molecular weight is 337 g/mol. The van der Waals surface area contributed by atoms with Crippen LogP contribution in [-0.4, -0.2) is 47.1 Å². The lowest BCUT2D eigenvalue weighted by molar-refractivity contribution is 0.0736. The van der Waals surface area contributed by atoms with Crippen molar-refractivity contribution in [2.24, 2.45) is 5.92 Å². The molecule has 0 N–H and O–H groups in total. The highest BCUT2D eigenvalue weighted by molar-refractivity contribution is 5.93. The third-order valence-electron chi connectivity index (χ3n) is 4.53. The number of aromatic nitrogens is 2. The van der Waals surface area contributed by atoms with E-state index < -0.39 is 0 Å². The second kappa shape index (κ2) is 7.03. The number of rotatable bonds is 3. The Balaban J connectivity index is 1.52. The Bertz CT molecular complexity index is 862. The topological polar surface area (TPSA) is 68.5 Å². The number of benzene rings is 1. The normalized spacial score (nSPS) is 18.2. The van der Waals surface area contributed by atoms with Gasteiger partial charge in [0, 0.05) is 36.8 Å². The van der Waals surface area contributed by atoms with Gasteiger partial charge in [-0.15, -0.1) is 0 Å². The maximum atomic E-state index is 12.7. The fourth-order valence-corrected chi connectivity index (χ4v) is 3.33. The second-order valence-corrected chi connectivity index (χ2v) is 6.27. The van der Waals surface area contributed by atoms with Crippen LogP contribution < -0.4 is 0 Å². The van der Waals surface area contributed by atoms with Crippen molar-refractivity contribution in [3.8, 4) is 0 Å². The summed E-state index contributed by atoms with van der Waals surface area (Å²) in [6, 6.07) is 8.07. The van der Waals surface area contributed by atoms with Gasteiger partial charge in [-0.1, -0.05) is 12.1 Å². The van der Waals surface area contributed by atoms with Crippen molar-refractivity contribution in [1.82, 2.24) is 14.9 Å². The molecule has 3 heterocycles. The van der Waals surface area contributed by atoms with Crippen LogP contribution in [0.25, 0.3) is 11.0 Å². The fourth-order valence-electron chi connectivity index (χ4n) is 3.33. The molecule has 0 bridgehead atoms. The Labute approximate surface area is 145 Å². The average Bonchev–Trinajstić information content (AvgIpc) is 3.02. The van der Waals surface area contributed by atoms with Gasteiger partial charge in [0.15, 0.2) is 0 Å². The number of carbonyl (C=O) groups is 1. The molecule has 0 spiro atoms. The van der Waals surface area contributed by atoms with Gasteiger partial charge in [0.25, 0.3) is 5.91 Å². The molecule has 2 aromatic heterocycles. The first-order chi connectivity index (χ1) is 12.3. The maximum absolute atomic E-state index is 12.7. The number of nitrogens with zero attached hydrogens (tertiary/aromatic N) is 3. The van der Waals surface area contributed by atoms with Crippen molar-refractivity contribution in [2.45, 2.75) is 6.42 Å². The van der Waals surface area contributed by atoms with Crippen LogP contribution in [0.15, 0.2) is 53.7 Å². The highest BCUT2D eigenvalue weighted by atomic mass is 16.5. The van der Waals surface area contributed by atoms with Gasteiger partial charge in [-0.25, -0.2) is 9.97 Å². The van der Waals surface area contributed by atoms with Crippen molar-refractivity contribution in [3.63, 3.8) is 0 Å². The smallest absolute Gasteiger partial charge is 0.257 e. The molecular formula is C19H19N3O3. The SMILES string of the molecule is O=C(c1cncnc1)N1CCOC[C@@H](Cc2cccc3occc23)C1. The minimum atomic E-state index is -0.0439. The predicted molar refractivity (Wildman–Crippen MR) is 92.2 cm³/mol. The Hall–Kier alpha value is -2.73. The first-order valence-electron chi connectivity index (χ1n) is 8.38. The standard InChI is InChI=1S/C19H19N3O3/c23-19(16-9-20-13-21-10-16)22-5-7-24-12-14(11-22)8-15-2-1-3-18-17(15)4-6-25-18/h1-4,6,9-10,13-14H,5,7-8,11-12H2/t14-/m0/s1. The highest BCUT2D eigenvalue weighted by Crippen LogP contribution is 2.24. The van der Waals surface area contributed by atoms with Crippen LogP contribution in [0.1, 0.15) is 15.9 Å². The van der Waals surface area contributed by atoms with Crippen LogP contribution in [0.3, 0.4) is 0 Å². The van der Waals surface area contributed by atoms with E-state index in [4.69, 9.17) is 9.15 Å². The van der Waals surface area contributed by atoms with E-state index in [1.165, 1.54) is 11.9 Å². The summed E-state index contributed by atoms with van der Waals surface area (Å²) in [6.45, 7) is 2.43. The first-order valence-corrected chi connectivity index (χ1v) is 8.38. The van der Waals surface area contributed by atoms with Gasteiger partial charge in [0.1, 0.15) is 11.9 Å². The molecule has 6 heteroatoms. The number of furan rings is 1. The Morgan fingerprint density at radius 3 is 3.00 bits per heavy atom. The summed E-state index contributed by atoms with van der Waals surface area (Å²) in [5.74, 6) is 0.189. The minimum Gasteiger partial charge on any atom is -0.464 e. The summed E-state index contributed by atoms with van der Waals surface area (Å²) in [4.78, 5) is 22.4. The van der Waals surface area contributed by atoms with Gasteiger partial charge in [0.05, 0.1) is 25.0 Å². The van der Waals surface area contributed by atoms with Gasteiger partial charge in [-0.3, -0.25) is 4.79 Å². The lowest BCUT2D eigenvalue weighted by atomic mass is 9.97. The van der Waals surface area contributed by atoms with Crippen molar-refractivity contribution in [1.29, 1.82) is 0 Å². The Morgan fingerprint density at radius 2 is 2.12 bits per heavy atom. The number of hydrogen-bond donors (Lipinski definition) is 0. The lowest BCUT2D eigenvalue weighted by Crippen LogP contribution is -2.36. The third kappa shape index (κ3) is 3.39. The fraction of sp³-hybridized carbons (Fsp3) is 0.316. The molecule has 0 unspecified atom stereocenters.